The van der Waals surface area contributed by atoms with Crippen LogP contribution in [0.15, 0.2) is 52.3 Å². The highest BCUT2D eigenvalue weighted by atomic mass is 32.1. The number of hydrogen-bond donors (Lipinski definition) is 0. The second-order valence-corrected chi connectivity index (χ2v) is 9.38. The Hall–Kier alpha value is -3.26. The Morgan fingerprint density at radius 2 is 1.86 bits per heavy atom. The Labute approximate surface area is 211 Å². The Morgan fingerprint density at radius 1 is 1.09 bits per heavy atom. The van der Waals surface area contributed by atoms with Crippen LogP contribution in [-0.2, 0) is 17.8 Å². The lowest BCUT2D eigenvalue weighted by Crippen LogP contribution is -2.46. The zero-order valence-electron chi connectivity index (χ0n) is 21.1. The van der Waals surface area contributed by atoms with Crippen LogP contribution < -0.4 is 9.47 Å². The molecule has 0 aliphatic heterocycles. The molecule has 1 unspecified atom stereocenters. The van der Waals surface area contributed by atoms with Gasteiger partial charge in [-0.2, -0.15) is 0 Å². The second-order valence-electron chi connectivity index (χ2n) is 8.43. The molecular formula is C27H34N2O5S. The van der Waals surface area contributed by atoms with E-state index in [0.29, 0.717) is 41.6 Å². The molecule has 0 aliphatic carbocycles. The summed E-state index contributed by atoms with van der Waals surface area (Å²) in [5, 5.41) is 1.87. The van der Waals surface area contributed by atoms with E-state index in [-0.39, 0.29) is 24.4 Å². The number of ether oxygens (including phenoxy) is 2. The number of aryl methyl sites for hydroxylation is 1. The maximum Gasteiger partial charge on any atom is 0.264 e. The Balaban J connectivity index is 1.79. The molecule has 188 valence electrons. The van der Waals surface area contributed by atoms with Crippen molar-refractivity contribution in [3.05, 3.63) is 69.8 Å². The Kier molecular flexibility index (Phi) is 9.37. The first-order chi connectivity index (χ1) is 16.9. The van der Waals surface area contributed by atoms with Crippen molar-refractivity contribution < 1.29 is 23.5 Å². The lowest BCUT2D eigenvalue weighted by Gasteiger charge is -2.31. The predicted molar refractivity (Wildman–Crippen MR) is 137 cm³/mol. The second kappa shape index (κ2) is 12.4. The van der Waals surface area contributed by atoms with Crippen LogP contribution in [0.3, 0.4) is 0 Å². The molecule has 2 aromatic heterocycles. The normalized spacial score (nSPS) is 11.7. The number of furan rings is 1. The minimum Gasteiger partial charge on any atom is -0.493 e. The number of methoxy groups -OCH3 is 2. The first-order valence-electron chi connectivity index (χ1n) is 11.7. The summed E-state index contributed by atoms with van der Waals surface area (Å²) in [7, 11) is 3.20. The average molecular weight is 499 g/mol. The summed E-state index contributed by atoms with van der Waals surface area (Å²) in [5.41, 5.74) is 1.02. The molecule has 0 saturated heterocycles. The Morgan fingerprint density at radius 3 is 2.46 bits per heavy atom. The standard InChI is InChI=1S/C27H34N2O5S/c1-6-19(2)29(27(31)25-8-7-15-35-25)18-26(30)28(17-22-11-9-20(3)34-22)14-13-21-10-12-23(32-4)24(16-21)33-5/h7-12,15-16,19H,6,13-14,17-18H2,1-5H3. The summed E-state index contributed by atoms with van der Waals surface area (Å²) in [5.74, 6) is 2.57. The SMILES string of the molecule is CCC(C)N(CC(=O)N(CCc1ccc(OC)c(OC)c1)Cc1ccc(C)o1)C(=O)c1cccs1. The molecule has 1 aromatic carbocycles. The number of rotatable bonds is 12. The van der Waals surface area contributed by atoms with Gasteiger partial charge in [0.25, 0.3) is 5.91 Å². The van der Waals surface area contributed by atoms with Gasteiger partial charge >= 0.3 is 0 Å². The van der Waals surface area contributed by atoms with Gasteiger partial charge in [-0.3, -0.25) is 9.59 Å². The predicted octanol–water partition coefficient (Wildman–Crippen LogP) is 5.18. The molecule has 35 heavy (non-hydrogen) atoms. The van der Waals surface area contributed by atoms with Crippen molar-refractivity contribution in [3.63, 3.8) is 0 Å². The van der Waals surface area contributed by atoms with E-state index in [0.717, 1.165) is 17.7 Å². The maximum atomic E-state index is 13.6. The molecule has 3 rings (SSSR count). The third kappa shape index (κ3) is 6.88. The van der Waals surface area contributed by atoms with Gasteiger partial charge in [0.1, 0.15) is 18.1 Å². The number of carbonyl (C=O) groups excluding carboxylic acids is 2. The molecular weight excluding hydrogens is 464 g/mol. The maximum absolute atomic E-state index is 13.6. The summed E-state index contributed by atoms with van der Waals surface area (Å²) in [6.45, 7) is 6.69. The van der Waals surface area contributed by atoms with Crippen molar-refractivity contribution in [1.29, 1.82) is 0 Å². The van der Waals surface area contributed by atoms with Crippen molar-refractivity contribution >= 4 is 23.2 Å². The molecule has 0 spiro atoms. The van der Waals surface area contributed by atoms with Gasteiger partial charge in [0.2, 0.25) is 5.91 Å². The van der Waals surface area contributed by atoms with Crippen molar-refractivity contribution in [2.24, 2.45) is 0 Å². The van der Waals surface area contributed by atoms with Crippen molar-refractivity contribution in [3.8, 4) is 11.5 Å². The molecule has 2 amide bonds. The smallest absolute Gasteiger partial charge is 0.264 e. The first-order valence-corrected chi connectivity index (χ1v) is 12.6. The van der Waals surface area contributed by atoms with E-state index in [1.807, 2.05) is 62.5 Å². The fraction of sp³-hybridized carbons (Fsp3) is 0.407. The van der Waals surface area contributed by atoms with Crippen molar-refractivity contribution in [1.82, 2.24) is 9.80 Å². The van der Waals surface area contributed by atoms with E-state index in [1.54, 1.807) is 30.1 Å². The molecule has 0 N–H and O–H groups in total. The van der Waals surface area contributed by atoms with E-state index in [2.05, 4.69) is 0 Å². The number of thiophene rings is 1. The molecule has 8 heteroatoms. The number of carbonyl (C=O) groups is 2. The molecule has 0 radical (unpaired) electrons. The van der Waals surface area contributed by atoms with Gasteiger partial charge in [-0.25, -0.2) is 0 Å². The largest absolute Gasteiger partial charge is 0.493 e. The monoisotopic (exact) mass is 498 g/mol. The fourth-order valence-corrected chi connectivity index (χ4v) is 4.46. The number of benzene rings is 1. The summed E-state index contributed by atoms with van der Waals surface area (Å²) >= 11 is 1.39. The van der Waals surface area contributed by atoms with E-state index >= 15 is 0 Å². The summed E-state index contributed by atoms with van der Waals surface area (Å²) in [6, 6.07) is 13.1. The zero-order valence-corrected chi connectivity index (χ0v) is 21.9. The number of nitrogens with zero attached hydrogens (tertiary/aromatic N) is 2. The van der Waals surface area contributed by atoms with Gasteiger partial charge in [0.15, 0.2) is 11.5 Å². The highest BCUT2D eigenvalue weighted by Gasteiger charge is 2.26. The van der Waals surface area contributed by atoms with Crippen LogP contribution in [0.2, 0.25) is 0 Å². The van der Waals surface area contributed by atoms with Gasteiger partial charge < -0.3 is 23.7 Å². The Bertz CT molecular complexity index is 1110. The van der Waals surface area contributed by atoms with E-state index in [4.69, 9.17) is 13.9 Å². The minimum absolute atomic E-state index is 0.0113. The van der Waals surface area contributed by atoms with E-state index in [9.17, 15) is 9.59 Å². The lowest BCUT2D eigenvalue weighted by molar-refractivity contribution is -0.133. The molecule has 2 heterocycles. The lowest BCUT2D eigenvalue weighted by atomic mass is 10.1. The van der Waals surface area contributed by atoms with Gasteiger partial charge in [0, 0.05) is 12.6 Å². The highest BCUT2D eigenvalue weighted by molar-refractivity contribution is 7.12. The van der Waals surface area contributed by atoms with E-state index < -0.39 is 0 Å². The number of hydrogen-bond acceptors (Lipinski definition) is 6. The minimum atomic E-state index is -0.121. The van der Waals surface area contributed by atoms with Gasteiger partial charge in [-0.05, 0) is 68.0 Å². The third-order valence-electron chi connectivity index (χ3n) is 6.04. The molecule has 3 aromatic rings. The quantitative estimate of drug-likeness (QED) is 0.344. The van der Waals surface area contributed by atoms with Crippen LogP contribution in [0.4, 0.5) is 0 Å². The topological polar surface area (TPSA) is 72.2 Å². The van der Waals surface area contributed by atoms with Crippen molar-refractivity contribution in [2.75, 3.05) is 27.3 Å². The van der Waals surface area contributed by atoms with Gasteiger partial charge in [-0.1, -0.05) is 19.1 Å². The van der Waals surface area contributed by atoms with Crippen molar-refractivity contribution in [2.45, 2.75) is 46.2 Å². The average Bonchev–Trinajstić information content (AvgIpc) is 3.55. The van der Waals surface area contributed by atoms with Crippen LogP contribution in [0.25, 0.3) is 0 Å². The third-order valence-corrected chi connectivity index (χ3v) is 6.89. The fourth-order valence-electron chi connectivity index (χ4n) is 3.79. The summed E-state index contributed by atoms with van der Waals surface area (Å²) in [4.78, 5) is 30.8. The first kappa shape index (κ1) is 26.3. The summed E-state index contributed by atoms with van der Waals surface area (Å²) in [6.07, 6.45) is 1.38. The molecule has 0 fully saturated rings. The molecule has 0 saturated carbocycles. The van der Waals surface area contributed by atoms with Crippen LogP contribution in [0.5, 0.6) is 11.5 Å². The van der Waals surface area contributed by atoms with Crippen LogP contribution in [-0.4, -0.2) is 55.0 Å². The molecule has 7 nitrogen and oxygen atoms in total. The van der Waals surface area contributed by atoms with Gasteiger partial charge in [0.05, 0.1) is 25.6 Å². The highest BCUT2D eigenvalue weighted by Crippen LogP contribution is 2.28. The number of amides is 2. The van der Waals surface area contributed by atoms with Crippen LogP contribution in [0, 0.1) is 6.92 Å². The zero-order chi connectivity index (χ0) is 25.4. The van der Waals surface area contributed by atoms with Crippen LogP contribution in [0.1, 0.15) is 47.0 Å². The van der Waals surface area contributed by atoms with Crippen LogP contribution >= 0.6 is 11.3 Å². The molecule has 0 aliphatic rings. The molecule has 0 bridgehead atoms. The van der Waals surface area contributed by atoms with Gasteiger partial charge in [-0.15, -0.1) is 11.3 Å². The van der Waals surface area contributed by atoms with E-state index in [1.165, 1.54) is 11.3 Å². The summed E-state index contributed by atoms with van der Waals surface area (Å²) < 4.78 is 16.5. The molecule has 1 atom stereocenters.